The number of carbonyl (C=O) groups excluding carboxylic acids is 2. The van der Waals surface area contributed by atoms with Crippen molar-refractivity contribution in [3.63, 3.8) is 0 Å². The standard InChI is InChI=1S/C33H41Cl2N3O4S/c1-23-14-15-24(2)29(19-23)38(43(6,41)42)18-10-13-31(39)37(22-26-16-17-27(34)28(35)20-26)30(32(40)36-33(3,4)5)21-25-11-8-7-9-12-25/h7-9,11-12,14-17,19-20,30H,10,13,18,21-22H2,1-6H3,(H,36,40)/t30-/m0/s1. The summed E-state index contributed by atoms with van der Waals surface area (Å²) in [5.41, 5.74) is 3.46. The fraction of sp³-hybridized carbons (Fsp3) is 0.394. The number of anilines is 1. The van der Waals surface area contributed by atoms with Crippen LogP contribution in [0.2, 0.25) is 10.0 Å². The minimum Gasteiger partial charge on any atom is -0.350 e. The molecule has 3 rings (SSSR count). The lowest BCUT2D eigenvalue weighted by Crippen LogP contribution is -2.54. The highest BCUT2D eigenvalue weighted by molar-refractivity contribution is 7.92. The normalized spacial score (nSPS) is 12.5. The molecule has 1 N–H and O–H groups in total. The van der Waals surface area contributed by atoms with E-state index in [1.165, 1.54) is 10.6 Å². The van der Waals surface area contributed by atoms with Crippen LogP contribution in [0.3, 0.4) is 0 Å². The Morgan fingerprint density at radius 2 is 1.58 bits per heavy atom. The van der Waals surface area contributed by atoms with Gasteiger partial charge in [-0.05, 0) is 81.5 Å². The summed E-state index contributed by atoms with van der Waals surface area (Å²) in [6, 6.07) is 19.5. The monoisotopic (exact) mass is 645 g/mol. The molecular weight excluding hydrogens is 605 g/mol. The lowest BCUT2D eigenvalue weighted by molar-refractivity contribution is -0.142. The number of benzene rings is 3. The maximum Gasteiger partial charge on any atom is 0.243 e. The Morgan fingerprint density at radius 3 is 2.19 bits per heavy atom. The molecule has 7 nitrogen and oxygen atoms in total. The van der Waals surface area contributed by atoms with E-state index in [-0.39, 0.29) is 37.7 Å². The molecule has 0 spiro atoms. The van der Waals surface area contributed by atoms with Gasteiger partial charge in [-0.3, -0.25) is 13.9 Å². The summed E-state index contributed by atoms with van der Waals surface area (Å²) in [6.45, 7) is 9.68. The van der Waals surface area contributed by atoms with Crippen LogP contribution in [0.15, 0.2) is 66.7 Å². The second-order valence-corrected chi connectivity index (χ2v) is 14.7. The molecule has 2 amide bonds. The maximum absolute atomic E-state index is 14.0. The van der Waals surface area contributed by atoms with Crippen molar-refractivity contribution in [2.45, 2.75) is 72.0 Å². The SMILES string of the molecule is Cc1ccc(C)c(N(CCCC(=O)N(Cc2ccc(Cl)c(Cl)c2)[C@@H](Cc2ccccc2)C(=O)NC(C)(C)C)S(C)(=O)=O)c1. The Balaban J connectivity index is 1.94. The average molecular weight is 647 g/mol. The number of sulfonamides is 1. The molecule has 1 atom stereocenters. The van der Waals surface area contributed by atoms with Crippen LogP contribution in [0.1, 0.15) is 55.9 Å². The molecule has 3 aromatic carbocycles. The van der Waals surface area contributed by atoms with E-state index in [9.17, 15) is 18.0 Å². The van der Waals surface area contributed by atoms with E-state index in [0.29, 0.717) is 22.2 Å². The highest BCUT2D eigenvalue weighted by atomic mass is 35.5. The first kappa shape index (κ1) is 34.4. The van der Waals surface area contributed by atoms with Gasteiger partial charge in [-0.2, -0.15) is 0 Å². The predicted molar refractivity (Wildman–Crippen MR) is 176 cm³/mol. The molecular formula is C33H41Cl2N3O4S. The third-order valence-electron chi connectivity index (χ3n) is 6.89. The molecule has 0 aliphatic rings. The van der Waals surface area contributed by atoms with Gasteiger partial charge in [0.25, 0.3) is 0 Å². The van der Waals surface area contributed by atoms with E-state index >= 15 is 0 Å². The van der Waals surface area contributed by atoms with Crippen LogP contribution < -0.4 is 9.62 Å². The van der Waals surface area contributed by atoms with E-state index < -0.39 is 21.6 Å². The highest BCUT2D eigenvalue weighted by Crippen LogP contribution is 2.26. The van der Waals surface area contributed by atoms with Crippen molar-refractivity contribution >= 4 is 50.7 Å². The van der Waals surface area contributed by atoms with Crippen LogP contribution >= 0.6 is 23.2 Å². The molecule has 0 aromatic heterocycles. The summed E-state index contributed by atoms with van der Waals surface area (Å²) in [4.78, 5) is 29.3. The number of rotatable bonds is 12. The number of nitrogens with one attached hydrogen (secondary N) is 1. The third-order valence-corrected chi connectivity index (χ3v) is 8.81. The number of aryl methyl sites for hydroxylation is 2. The van der Waals surface area contributed by atoms with Crippen molar-refractivity contribution in [3.8, 4) is 0 Å². The molecule has 0 unspecified atom stereocenters. The summed E-state index contributed by atoms with van der Waals surface area (Å²) in [5, 5.41) is 3.78. The summed E-state index contributed by atoms with van der Waals surface area (Å²) in [7, 11) is -3.61. The molecule has 0 saturated carbocycles. The van der Waals surface area contributed by atoms with E-state index in [1.807, 2.05) is 83.1 Å². The Bertz CT molecular complexity index is 1540. The summed E-state index contributed by atoms with van der Waals surface area (Å²) >= 11 is 12.5. The first-order chi connectivity index (χ1) is 20.0. The second kappa shape index (κ2) is 14.6. The minimum absolute atomic E-state index is 0.0340. The molecule has 0 bridgehead atoms. The molecule has 0 fully saturated rings. The Labute approximate surface area is 266 Å². The molecule has 3 aromatic rings. The molecule has 0 heterocycles. The molecule has 0 saturated heterocycles. The van der Waals surface area contributed by atoms with Crippen LogP contribution in [0.5, 0.6) is 0 Å². The first-order valence-corrected chi connectivity index (χ1v) is 16.8. The molecule has 10 heteroatoms. The van der Waals surface area contributed by atoms with Crippen molar-refractivity contribution in [2.24, 2.45) is 0 Å². The van der Waals surface area contributed by atoms with Gasteiger partial charge in [0.05, 0.1) is 22.0 Å². The molecule has 43 heavy (non-hydrogen) atoms. The smallest absolute Gasteiger partial charge is 0.243 e. The Kier molecular flexibility index (Phi) is 11.7. The number of carbonyl (C=O) groups is 2. The van der Waals surface area contributed by atoms with Gasteiger partial charge >= 0.3 is 0 Å². The van der Waals surface area contributed by atoms with Gasteiger partial charge in [-0.25, -0.2) is 8.42 Å². The topological polar surface area (TPSA) is 86.8 Å². The fourth-order valence-electron chi connectivity index (χ4n) is 4.81. The summed E-state index contributed by atoms with van der Waals surface area (Å²) in [5.74, 6) is -0.552. The van der Waals surface area contributed by atoms with Crippen molar-refractivity contribution in [3.05, 3.63) is 99.0 Å². The van der Waals surface area contributed by atoms with Crippen LogP contribution in [0.25, 0.3) is 0 Å². The Morgan fingerprint density at radius 1 is 0.907 bits per heavy atom. The molecule has 0 aliphatic heterocycles. The van der Waals surface area contributed by atoms with Crippen LogP contribution in [0, 0.1) is 13.8 Å². The molecule has 0 aliphatic carbocycles. The summed E-state index contributed by atoms with van der Waals surface area (Å²) < 4.78 is 26.9. The Hall–Kier alpha value is -3.07. The van der Waals surface area contributed by atoms with Crippen molar-refractivity contribution < 1.29 is 18.0 Å². The van der Waals surface area contributed by atoms with Gasteiger partial charge < -0.3 is 10.2 Å². The third kappa shape index (κ3) is 10.3. The predicted octanol–water partition coefficient (Wildman–Crippen LogP) is 6.71. The van der Waals surface area contributed by atoms with Gasteiger partial charge in [0.2, 0.25) is 21.8 Å². The van der Waals surface area contributed by atoms with Gasteiger partial charge in [-0.1, -0.05) is 71.7 Å². The minimum atomic E-state index is -3.61. The quantitative estimate of drug-likeness (QED) is 0.237. The zero-order valence-electron chi connectivity index (χ0n) is 25.7. The van der Waals surface area contributed by atoms with E-state index in [1.54, 1.807) is 23.1 Å². The second-order valence-electron chi connectivity index (χ2n) is 11.9. The number of hydrogen-bond donors (Lipinski definition) is 1. The van der Waals surface area contributed by atoms with Gasteiger partial charge in [0.1, 0.15) is 6.04 Å². The van der Waals surface area contributed by atoms with Gasteiger partial charge in [-0.15, -0.1) is 0 Å². The number of amides is 2. The van der Waals surface area contributed by atoms with Crippen molar-refractivity contribution in [2.75, 3.05) is 17.1 Å². The largest absolute Gasteiger partial charge is 0.350 e. The average Bonchev–Trinajstić information content (AvgIpc) is 2.91. The van der Waals surface area contributed by atoms with Crippen LogP contribution in [-0.4, -0.2) is 49.5 Å². The van der Waals surface area contributed by atoms with Crippen molar-refractivity contribution in [1.29, 1.82) is 0 Å². The van der Waals surface area contributed by atoms with Crippen molar-refractivity contribution in [1.82, 2.24) is 10.2 Å². The fourth-order valence-corrected chi connectivity index (χ4v) is 6.15. The van der Waals surface area contributed by atoms with Crippen LogP contribution in [-0.2, 0) is 32.6 Å². The maximum atomic E-state index is 14.0. The van der Waals surface area contributed by atoms with Gasteiger partial charge in [0, 0.05) is 31.5 Å². The van der Waals surface area contributed by atoms with Crippen LogP contribution in [0.4, 0.5) is 5.69 Å². The van der Waals surface area contributed by atoms with E-state index in [4.69, 9.17) is 23.2 Å². The number of hydrogen-bond acceptors (Lipinski definition) is 4. The molecule has 232 valence electrons. The van der Waals surface area contributed by atoms with Gasteiger partial charge in [0.15, 0.2) is 0 Å². The first-order valence-electron chi connectivity index (χ1n) is 14.2. The number of nitrogens with zero attached hydrogens (tertiary/aromatic N) is 2. The lowest BCUT2D eigenvalue weighted by Gasteiger charge is -2.34. The van der Waals surface area contributed by atoms with E-state index in [0.717, 1.165) is 22.3 Å². The summed E-state index contributed by atoms with van der Waals surface area (Å²) in [6.07, 6.45) is 1.76. The molecule has 0 radical (unpaired) electrons. The zero-order chi connectivity index (χ0) is 31.9. The zero-order valence-corrected chi connectivity index (χ0v) is 28.0. The highest BCUT2D eigenvalue weighted by Gasteiger charge is 2.32. The lowest BCUT2D eigenvalue weighted by atomic mass is 10.00. The number of halogens is 2. The van der Waals surface area contributed by atoms with E-state index in [2.05, 4.69) is 5.32 Å².